The first-order valence-corrected chi connectivity index (χ1v) is 8.94. The number of aliphatic hydroxyl groups excluding tert-OH is 1. The fourth-order valence-corrected chi connectivity index (χ4v) is 3.44. The maximum absolute atomic E-state index is 12.6. The summed E-state index contributed by atoms with van der Waals surface area (Å²) in [6.45, 7) is 6.05. The summed E-state index contributed by atoms with van der Waals surface area (Å²) in [6, 6.07) is 5.87. The molecule has 2 atom stereocenters. The molecule has 0 fully saturated rings. The van der Waals surface area contributed by atoms with Gasteiger partial charge in [0.25, 0.3) is 5.91 Å². The molecule has 1 aromatic rings. The summed E-state index contributed by atoms with van der Waals surface area (Å²) in [5, 5.41) is 20.1. The smallest absolute Gasteiger partial charge is 0.290 e. The number of nitrogens with zero attached hydrogens (tertiary/aromatic N) is 1. The average Bonchev–Trinajstić information content (AvgIpc) is 2.83. The molecule has 0 saturated carbocycles. The van der Waals surface area contributed by atoms with Gasteiger partial charge in [0.05, 0.1) is 11.6 Å². The number of carbonyl (C=O) groups is 2. The van der Waals surface area contributed by atoms with E-state index in [-0.39, 0.29) is 17.1 Å². The summed E-state index contributed by atoms with van der Waals surface area (Å²) in [4.78, 5) is 26.3. The molecule has 1 amide bonds. The number of ketones is 1. The zero-order valence-electron chi connectivity index (χ0n) is 15.2. The predicted molar refractivity (Wildman–Crippen MR) is 96.2 cm³/mol. The van der Waals surface area contributed by atoms with Crippen LogP contribution in [0.2, 0.25) is 0 Å². The summed E-state index contributed by atoms with van der Waals surface area (Å²) in [5.74, 6) is -0.928. The van der Waals surface area contributed by atoms with Crippen LogP contribution in [0.5, 0.6) is 5.75 Å². The van der Waals surface area contributed by atoms with Crippen molar-refractivity contribution >= 4 is 11.7 Å². The first-order chi connectivity index (χ1) is 11.9. The fraction of sp³-hybridized carbons (Fsp3) is 0.500. The van der Waals surface area contributed by atoms with Crippen LogP contribution in [-0.2, 0) is 9.59 Å². The number of aliphatic hydroxyl groups is 1. The van der Waals surface area contributed by atoms with E-state index in [1.54, 1.807) is 23.1 Å². The molecule has 0 unspecified atom stereocenters. The Morgan fingerprint density at radius 2 is 2.00 bits per heavy atom. The Balaban J connectivity index is 2.39. The zero-order valence-corrected chi connectivity index (χ0v) is 15.2. The van der Waals surface area contributed by atoms with E-state index in [4.69, 9.17) is 0 Å². The molecule has 5 nitrogen and oxygen atoms in total. The van der Waals surface area contributed by atoms with Crippen molar-refractivity contribution < 1.29 is 19.8 Å². The van der Waals surface area contributed by atoms with Crippen LogP contribution in [0.3, 0.4) is 0 Å². The summed E-state index contributed by atoms with van der Waals surface area (Å²) in [5.41, 5.74) is 0.744. The lowest BCUT2D eigenvalue weighted by Gasteiger charge is -2.30. The molecule has 0 aliphatic carbocycles. The van der Waals surface area contributed by atoms with Crippen LogP contribution in [-0.4, -0.2) is 33.3 Å². The van der Waals surface area contributed by atoms with Gasteiger partial charge in [-0.25, -0.2) is 0 Å². The largest absolute Gasteiger partial charge is 0.508 e. The van der Waals surface area contributed by atoms with E-state index in [1.807, 2.05) is 0 Å². The van der Waals surface area contributed by atoms with Crippen LogP contribution in [0.4, 0.5) is 0 Å². The highest BCUT2D eigenvalue weighted by atomic mass is 16.3. The average molecular weight is 345 g/mol. The minimum atomic E-state index is -0.646. The Kier molecular flexibility index (Phi) is 6.23. The minimum Gasteiger partial charge on any atom is -0.508 e. The zero-order chi connectivity index (χ0) is 18.6. The van der Waals surface area contributed by atoms with Gasteiger partial charge < -0.3 is 15.1 Å². The molecular weight excluding hydrogens is 318 g/mol. The van der Waals surface area contributed by atoms with Crippen molar-refractivity contribution in [3.63, 3.8) is 0 Å². The number of amides is 1. The Morgan fingerprint density at radius 1 is 1.28 bits per heavy atom. The van der Waals surface area contributed by atoms with Gasteiger partial charge in [-0.1, -0.05) is 45.2 Å². The van der Waals surface area contributed by atoms with Crippen molar-refractivity contribution in [2.45, 2.75) is 52.5 Å². The number of Topliss-reactive ketones (excluding diaryl/α,β-unsaturated/α-hetero) is 1. The molecule has 1 aliphatic heterocycles. The van der Waals surface area contributed by atoms with Crippen LogP contribution < -0.4 is 0 Å². The van der Waals surface area contributed by atoms with Crippen LogP contribution in [0.15, 0.2) is 35.6 Å². The summed E-state index contributed by atoms with van der Waals surface area (Å²) in [6.07, 6.45) is 4.09. The monoisotopic (exact) mass is 345 g/mol. The van der Waals surface area contributed by atoms with Gasteiger partial charge in [0.1, 0.15) is 5.75 Å². The second kappa shape index (κ2) is 8.19. The molecule has 1 heterocycles. The van der Waals surface area contributed by atoms with E-state index in [0.717, 1.165) is 25.7 Å². The summed E-state index contributed by atoms with van der Waals surface area (Å²) < 4.78 is 0. The Hall–Kier alpha value is -2.30. The van der Waals surface area contributed by atoms with Crippen molar-refractivity contribution in [2.24, 2.45) is 5.92 Å². The lowest BCUT2D eigenvalue weighted by Crippen LogP contribution is -2.35. The van der Waals surface area contributed by atoms with Gasteiger partial charge in [0, 0.05) is 6.54 Å². The number of unbranched alkanes of at least 4 members (excludes halogenated alkanes) is 1. The lowest BCUT2D eigenvalue weighted by atomic mass is 9.94. The van der Waals surface area contributed by atoms with Crippen molar-refractivity contribution in [3.05, 3.63) is 41.2 Å². The molecule has 0 spiro atoms. The normalized spacial score (nSPS) is 18.8. The lowest BCUT2D eigenvalue weighted by molar-refractivity contribution is -0.130. The van der Waals surface area contributed by atoms with Crippen molar-refractivity contribution in [2.75, 3.05) is 6.54 Å². The third-order valence-corrected chi connectivity index (χ3v) is 4.87. The molecule has 1 aromatic carbocycles. The van der Waals surface area contributed by atoms with E-state index in [1.165, 1.54) is 13.0 Å². The maximum atomic E-state index is 12.6. The first kappa shape index (κ1) is 19.0. The van der Waals surface area contributed by atoms with E-state index in [2.05, 4.69) is 13.8 Å². The summed E-state index contributed by atoms with van der Waals surface area (Å²) in [7, 11) is 0. The number of hydrogen-bond acceptors (Lipinski definition) is 4. The molecule has 2 rings (SSSR count). The highest BCUT2D eigenvalue weighted by Gasteiger charge is 2.42. The number of phenolic OH excluding ortho intramolecular Hbond substituents is 1. The van der Waals surface area contributed by atoms with Gasteiger partial charge in [-0.05, 0) is 37.0 Å². The number of benzene rings is 1. The van der Waals surface area contributed by atoms with Crippen LogP contribution in [0, 0.1) is 5.92 Å². The van der Waals surface area contributed by atoms with Gasteiger partial charge in [-0.2, -0.15) is 0 Å². The Morgan fingerprint density at radius 3 is 2.56 bits per heavy atom. The molecule has 1 aliphatic rings. The molecule has 0 saturated heterocycles. The Labute approximate surface area is 149 Å². The molecular formula is C20H27NO4. The van der Waals surface area contributed by atoms with Crippen LogP contribution >= 0.6 is 0 Å². The molecule has 0 bridgehead atoms. The SMILES string of the molecule is CCCC[C@H](CC)CN1C(=O)C(O)=C(C(C)=O)[C@H]1c1cccc(O)c1. The first-order valence-electron chi connectivity index (χ1n) is 8.94. The highest BCUT2D eigenvalue weighted by molar-refractivity contribution is 6.08. The number of phenols is 1. The van der Waals surface area contributed by atoms with Gasteiger partial charge in [0.15, 0.2) is 11.5 Å². The molecule has 0 aromatic heterocycles. The highest BCUT2D eigenvalue weighted by Crippen LogP contribution is 2.39. The maximum Gasteiger partial charge on any atom is 0.290 e. The number of aromatic hydroxyl groups is 1. The second-order valence-corrected chi connectivity index (χ2v) is 6.69. The third kappa shape index (κ3) is 4.03. The minimum absolute atomic E-state index is 0.0669. The molecule has 5 heteroatoms. The molecule has 25 heavy (non-hydrogen) atoms. The van der Waals surface area contributed by atoms with Gasteiger partial charge in [-0.3, -0.25) is 9.59 Å². The van der Waals surface area contributed by atoms with E-state index >= 15 is 0 Å². The standard InChI is InChI=1S/C20H27NO4/c1-4-6-8-14(5-2)12-21-18(15-9-7-10-16(23)11-15)17(13(3)22)19(24)20(21)25/h7,9-11,14,18,23-24H,4-6,8,12H2,1-3H3/t14-,18+/m0/s1. The number of carbonyl (C=O) groups excluding carboxylic acids is 2. The number of rotatable bonds is 8. The van der Waals surface area contributed by atoms with Gasteiger partial charge in [-0.15, -0.1) is 0 Å². The molecule has 2 N–H and O–H groups in total. The van der Waals surface area contributed by atoms with Crippen molar-refractivity contribution in [1.82, 2.24) is 4.90 Å². The van der Waals surface area contributed by atoms with E-state index in [0.29, 0.717) is 18.0 Å². The predicted octanol–water partition coefficient (Wildman–Crippen LogP) is 3.89. The summed E-state index contributed by atoms with van der Waals surface area (Å²) >= 11 is 0. The molecule has 136 valence electrons. The topological polar surface area (TPSA) is 77.8 Å². The number of hydrogen-bond donors (Lipinski definition) is 2. The van der Waals surface area contributed by atoms with Gasteiger partial charge in [0.2, 0.25) is 0 Å². The second-order valence-electron chi connectivity index (χ2n) is 6.69. The fourth-order valence-electron chi connectivity index (χ4n) is 3.44. The molecule has 0 radical (unpaired) electrons. The quantitative estimate of drug-likeness (QED) is 0.749. The van der Waals surface area contributed by atoms with Crippen LogP contribution in [0.25, 0.3) is 0 Å². The van der Waals surface area contributed by atoms with Crippen molar-refractivity contribution in [1.29, 1.82) is 0 Å². The Bertz CT molecular complexity index is 680. The van der Waals surface area contributed by atoms with Crippen molar-refractivity contribution in [3.8, 4) is 5.75 Å². The van der Waals surface area contributed by atoms with E-state index < -0.39 is 17.7 Å². The van der Waals surface area contributed by atoms with Gasteiger partial charge >= 0.3 is 0 Å². The van der Waals surface area contributed by atoms with Crippen LogP contribution in [0.1, 0.15) is 58.1 Å². The third-order valence-electron chi connectivity index (χ3n) is 4.87. The van der Waals surface area contributed by atoms with E-state index in [9.17, 15) is 19.8 Å².